The lowest BCUT2D eigenvalue weighted by Crippen LogP contribution is -2.44. The van der Waals surface area contributed by atoms with E-state index in [4.69, 9.17) is 5.73 Å². The Balaban J connectivity index is 2.74. The molecule has 0 saturated heterocycles. The zero-order valence-electron chi connectivity index (χ0n) is 11.9. The number of alkyl halides is 2. The summed E-state index contributed by atoms with van der Waals surface area (Å²) in [5.41, 5.74) is 6.26. The van der Waals surface area contributed by atoms with Gasteiger partial charge >= 0.3 is 6.61 Å². The highest BCUT2D eigenvalue weighted by atomic mass is 79.9. The van der Waals surface area contributed by atoms with Crippen LogP contribution in [0.4, 0.5) is 8.78 Å². The zero-order valence-corrected chi connectivity index (χ0v) is 13.5. The van der Waals surface area contributed by atoms with Crippen molar-refractivity contribution < 1.29 is 18.3 Å². The van der Waals surface area contributed by atoms with Gasteiger partial charge in [-0.1, -0.05) is 36.2 Å². The number of hydrogen-bond donors (Lipinski definition) is 2. The van der Waals surface area contributed by atoms with E-state index in [1.54, 1.807) is 12.1 Å². The quantitative estimate of drug-likeness (QED) is 0.781. The van der Waals surface area contributed by atoms with Crippen LogP contribution < -0.4 is 15.8 Å². The molecule has 1 amide bonds. The molecule has 0 aliphatic carbocycles. The van der Waals surface area contributed by atoms with E-state index in [0.29, 0.717) is 10.0 Å². The second-order valence-corrected chi connectivity index (χ2v) is 5.68. The summed E-state index contributed by atoms with van der Waals surface area (Å²) in [5, 5.41) is 2.65. The predicted octanol–water partition coefficient (Wildman–Crippen LogP) is 3.04. The normalized spacial score (nSPS) is 13.9. The Morgan fingerprint density at radius 3 is 2.71 bits per heavy atom. The number of ether oxygens (including phenoxy) is 1. The second-order valence-electron chi connectivity index (χ2n) is 4.76. The molecule has 3 N–H and O–H groups in total. The largest absolute Gasteiger partial charge is 0.434 e. The molecule has 4 nitrogen and oxygen atoms in total. The molecule has 0 aliphatic rings. The van der Waals surface area contributed by atoms with Gasteiger partial charge in [-0.25, -0.2) is 0 Å². The van der Waals surface area contributed by atoms with Crippen LogP contribution in [0.15, 0.2) is 22.7 Å². The summed E-state index contributed by atoms with van der Waals surface area (Å²) in [6.07, 6.45) is 0.783. The number of carbonyl (C=O) groups is 1. The third-order valence-corrected chi connectivity index (χ3v) is 3.74. The number of benzene rings is 1. The van der Waals surface area contributed by atoms with E-state index in [1.165, 1.54) is 6.07 Å². The molecule has 0 radical (unpaired) electrons. The number of rotatable bonds is 7. The van der Waals surface area contributed by atoms with E-state index in [-0.39, 0.29) is 24.1 Å². The van der Waals surface area contributed by atoms with Crippen LogP contribution in [-0.4, -0.2) is 18.6 Å². The Morgan fingerprint density at radius 1 is 1.48 bits per heavy atom. The first-order chi connectivity index (χ1) is 9.85. The Morgan fingerprint density at radius 2 is 2.14 bits per heavy atom. The van der Waals surface area contributed by atoms with Crippen LogP contribution >= 0.6 is 15.9 Å². The topological polar surface area (TPSA) is 64.4 Å². The third kappa shape index (κ3) is 5.59. The molecule has 118 valence electrons. The molecule has 1 aromatic rings. The first kappa shape index (κ1) is 17.8. The van der Waals surface area contributed by atoms with Crippen LogP contribution in [0.3, 0.4) is 0 Å². The van der Waals surface area contributed by atoms with Gasteiger partial charge in [-0.2, -0.15) is 8.78 Å². The highest BCUT2D eigenvalue weighted by Gasteiger charge is 2.19. The molecular weight excluding hydrogens is 346 g/mol. The molecule has 1 rings (SSSR count). The molecule has 21 heavy (non-hydrogen) atoms. The minimum absolute atomic E-state index is 0.0330. The SMILES string of the molecule is CCC(C)C(N)C(=O)NCc1cc(Br)ccc1OC(F)F. The summed E-state index contributed by atoms with van der Waals surface area (Å²) in [5.74, 6) is -0.234. The van der Waals surface area contributed by atoms with Gasteiger partial charge in [0.05, 0.1) is 6.04 Å². The van der Waals surface area contributed by atoms with Gasteiger partial charge in [0.25, 0.3) is 0 Å². The fraction of sp³-hybridized carbons (Fsp3) is 0.500. The highest BCUT2D eigenvalue weighted by Crippen LogP contribution is 2.24. The van der Waals surface area contributed by atoms with Crippen molar-refractivity contribution in [3.05, 3.63) is 28.2 Å². The second kappa shape index (κ2) is 8.29. The van der Waals surface area contributed by atoms with Crippen LogP contribution in [0.2, 0.25) is 0 Å². The van der Waals surface area contributed by atoms with Gasteiger partial charge in [-0.05, 0) is 24.1 Å². The number of nitrogens with one attached hydrogen (secondary N) is 1. The van der Waals surface area contributed by atoms with E-state index in [1.807, 2.05) is 13.8 Å². The van der Waals surface area contributed by atoms with Crippen molar-refractivity contribution >= 4 is 21.8 Å². The van der Waals surface area contributed by atoms with Crippen LogP contribution in [0.1, 0.15) is 25.8 Å². The number of carbonyl (C=O) groups excluding carboxylic acids is 1. The van der Waals surface area contributed by atoms with Crippen LogP contribution in [-0.2, 0) is 11.3 Å². The van der Waals surface area contributed by atoms with Crippen molar-refractivity contribution in [1.29, 1.82) is 0 Å². The van der Waals surface area contributed by atoms with Gasteiger partial charge in [0.15, 0.2) is 0 Å². The van der Waals surface area contributed by atoms with Crippen LogP contribution in [0.25, 0.3) is 0 Å². The highest BCUT2D eigenvalue weighted by molar-refractivity contribution is 9.10. The molecule has 0 spiro atoms. The summed E-state index contributed by atoms with van der Waals surface area (Å²) >= 11 is 3.25. The van der Waals surface area contributed by atoms with Crippen LogP contribution in [0, 0.1) is 5.92 Å². The Labute approximate surface area is 131 Å². The smallest absolute Gasteiger partial charge is 0.387 e. The monoisotopic (exact) mass is 364 g/mol. The van der Waals surface area contributed by atoms with Crippen molar-refractivity contribution in [2.45, 2.75) is 39.5 Å². The lowest BCUT2D eigenvalue weighted by molar-refractivity contribution is -0.123. The van der Waals surface area contributed by atoms with Gasteiger partial charge in [-0.15, -0.1) is 0 Å². The average molecular weight is 365 g/mol. The summed E-state index contributed by atoms with van der Waals surface area (Å²) in [4.78, 5) is 11.9. The minimum Gasteiger partial charge on any atom is -0.434 e. The lowest BCUT2D eigenvalue weighted by Gasteiger charge is -2.18. The van der Waals surface area contributed by atoms with E-state index >= 15 is 0 Å². The van der Waals surface area contributed by atoms with E-state index < -0.39 is 12.7 Å². The average Bonchev–Trinajstić information content (AvgIpc) is 2.44. The zero-order chi connectivity index (χ0) is 16.0. The van der Waals surface area contributed by atoms with Crippen molar-refractivity contribution in [3.63, 3.8) is 0 Å². The van der Waals surface area contributed by atoms with Gasteiger partial charge in [0, 0.05) is 16.6 Å². The molecule has 0 heterocycles. The maximum Gasteiger partial charge on any atom is 0.387 e. The van der Waals surface area contributed by atoms with Crippen molar-refractivity contribution in [3.8, 4) is 5.75 Å². The summed E-state index contributed by atoms with van der Waals surface area (Å²) in [7, 11) is 0. The van der Waals surface area contributed by atoms with Crippen LogP contribution in [0.5, 0.6) is 5.75 Å². The number of halogens is 3. The molecule has 0 aromatic heterocycles. The summed E-state index contributed by atoms with van der Waals surface area (Å²) in [6.45, 7) is 0.989. The molecule has 2 unspecified atom stereocenters. The van der Waals surface area contributed by atoms with Gasteiger partial charge in [0.1, 0.15) is 5.75 Å². The predicted molar refractivity (Wildman–Crippen MR) is 80.1 cm³/mol. The van der Waals surface area contributed by atoms with Gasteiger partial charge < -0.3 is 15.8 Å². The van der Waals surface area contributed by atoms with E-state index in [0.717, 1.165) is 6.42 Å². The van der Waals surface area contributed by atoms with Crippen molar-refractivity contribution in [2.24, 2.45) is 11.7 Å². The lowest BCUT2D eigenvalue weighted by atomic mass is 9.99. The van der Waals surface area contributed by atoms with Gasteiger partial charge in [-0.3, -0.25) is 4.79 Å². The molecule has 0 aliphatic heterocycles. The molecule has 1 aromatic carbocycles. The fourth-order valence-corrected chi connectivity index (χ4v) is 2.12. The molecule has 0 saturated carbocycles. The van der Waals surface area contributed by atoms with E-state index in [2.05, 4.69) is 26.0 Å². The maximum absolute atomic E-state index is 12.3. The standard InChI is InChI=1S/C14H19BrF2N2O2/c1-3-8(2)12(18)13(20)19-7-9-6-10(15)4-5-11(9)21-14(16)17/h4-6,8,12,14H,3,7,18H2,1-2H3,(H,19,20). The fourth-order valence-electron chi connectivity index (χ4n) is 1.71. The summed E-state index contributed by atoms with van der Waals surface area (Å²) < 4.78 is 29.8. The Bertz CT molecular complexity index is 486. The molecule has 0 fully saturated rings. The minimum atomic E-state index is -2.91. The van der Waals surface area contributed by atoms with Gasteiger partial charge in [0.2, 0.25) is 5.91 Å². The number of amides is 1. The molecule has 0 bridgehead atoms. The first-order valence-electron chi connectivity index (χ1n) is 6.61. The third-order valence-electron chi connectivity index (χ3n) is 3.25. The Kier molecular flexibility index (Phi) is 7.04. The number of hydrogen-bond acceptors (Lipinski definition) is 3. The molecule has 2 atom stereocenters. The molecule has 7 heteroatoms. The van der Waals surface area contributed by atoms with E-state index in [9.17, 15) is 13.6 Å². The van der Waals surface area contributed by atoms with Crippen molar-refractivity contribution in [1.82, 2.24) is 5.32 Å². The van der Waals surface area contributed by atoms with Crippen molar-refractivity contribution in [2.75, 3.05) is 0 Å². The summed E-state index contributed by atoms with van der Waals surface area (Å²) in [6, 6.07) is 4.01. The molecular formula is C14H19BrF2N2O2. The number of nitrogens with two attached hydrogens (primary N) is 1. The first-order valence-corrected chi connectivity index (χ1v) is 7.41. The maximum atomic E-state index is 12.3. The Hall–Kier alpha value is -1.21.